The fourth-order valence-electron chi connectivity index (χ4n) is 0.729. The fourth-order valence-corrected chi connectivity index (χ4v) is 1.26. The van der Waals surface area contributed by atoms with Crippen LogP contribution in [0.25, 0.3) is 0 Å². The van der Waals surface area contributed by atoms with Gasteiger partial charge in [0.25, 0.3) is 0 Å². The zero-order chi connectivity index (χ0) is 11.6. The van der Waals surface area contributed by atoms with E-state index in [1.807, 2.05) is 0 Å². The second-order valence-corrected chi connectivity index (χ2v) is 3.82. The number of halogens is 3. The summed E-state index contributed by atoms with van der Waals surface area (Å²) in [6, 6.07) is 1.34. The molecule has 1 rings (SSSR count). The van der Waals surface area contributed by atoms with Crippen LogP contribution in [-0.4, -0.2) is 22.2 Å². The van der Waals surface area contributed by atoms with Crippen molar-refractivity contribution in [2.24, 2.45) is 0 Å². The van der Waals surface area contributed by atoms with Crippen molar-refractivity contribution in [2.45, 2.75) is 13.0 Å². The molecule has 1 N–H and O–H groups in total. The molecule has 82 valence electrons. The molecule has 0 radical (unpaired) electrons. The predicted octanol–water partition coefficient (Wildman–Crippen LogP) is -0.102. The van der Waals surface area contributed by atoms with Crippen molar-refractivity contribution in [3.05, 3.63) is 21.3 Å². The first-order valence-electron chi connectivity index (χ1n) is 3.83. The van der Waals surface area contributed by atoms with E-state index in [2.05, 4.69) is 4.98 Å². The second-order valence-electron chi connectivity index (χ2n) is 2.65. The first kappa shape index (κ1) is 16.3. The van der Waals surface area contributed by atoms with E-state index in [0.29, 0.717) is 0 Å². The monoisotopic (exact) mass is 292 g/mol. The largest absolute Gasteiger partial charge is 1.00 e. The van der Waals surface area contributed by atoms with Gasteiger partial charge >= 0.3 is 35.5 Å². The van der Waals surface area contributed by atoms with Gasteiger partial charge in [0.2, 0.25) is 5.88 Å². The number of aromatic nitrogens is 1. The third kappa shape index (κ3) is 4.28. The van der Waals surface area contributed by atoms with Crippen LogP contribution in [0.5, 0.6) is 5.88 Å². The Bertz CT molecular complexity index is 402. The summed E-state index contributed by atoms with van der Waals surface area (Å²) in [7, 11) is 0. The molecule has 0 aliphatic heterocycles. The summed E-state index contributed by atoms with van der Waals surface area (Å²) in [4.78, 5) is 14.2. The van der Waals surface area contributed by atoms with Crippen molar-refractivity contribution in [3.63, 3.8) is 0 Å². The first-order valence-corrected chi connectivity index (χ1v) is 4.96. The molecule has 1 unspecified atom stereocenters. The van der Waals surface area contributed by atoms with E-state index in [1.54, 1.807) is 0 Å². The van der Waals surface area contributed by atoms with E-state index in [0.717, 1.165) is 0 Å². The molecule has 0 spiro atoms. The van der Waals surface area contributed by atoms with Crippen molar-refractivity contribution in [3.8, 4) is 5.88 Å². The number of hydrogen-bond acceptors (Lipinski definition) is 3. The van der Waals surface area contributed by atoms with Crippen LogP contribution < -0.4 is 34.3 Å². The molecular weight excluding hydrogens is 287 g/mol. The van der Waals surface area contributed by atoms with Gasteiger partial charge < -0.3 is 9.84 Å². The Morgan fingerprint density at radius 3 is 2.50 bits per heavy atom. The molecule has 8 heteroatoms. The number of hydrogen-bond donors (Lipinski definition) is 1. The van der Waals surface area contributed by atoms with E-state index in [4.69, 9.17) is 44.6 Å². The van der Waals surface area contributed by atoms with Gasteiger partial charge in [0.05, 0.1) is 5.02 Å². The molecule has 16 heavy (non-hydrogen) atoms. The average Bonchev–Trinajstić information content (AvgIpc) is 2.13. The summed E-state index contributed by atoms with van der Waals surface area (Å²) in [6.45, 7) is 1.35. The van der Waals surface area contributed by atoms with Crippen LogP contribution in [0.4, 0.5) is 0 Å². The number of rotatable bonds is 3. The zero-order valence-electron chi connectivity index (χ0n) is 8.50. The van der Waals surface area contributed by atoms with Crippen LogP contribution in [0.15, 0.2) is 6.07 Å². The smallest absolute Gasteiger partial charge is 0.479 e. The maximum absolute atomic E-state index is 10.5. The van der Waals surface area contributed by atoms with Crippen LogP contribution in [0, 0.1) is 0 Å². The molecule has 0 saturated heterocycles. The summed E-state index contributed by atoms with van der Waals surface area (Å²) in [6.07, 6.45) is -1.06. The van der Waals surface area contributed by atoms with Gasteiger partial charge in [0.1, 0.15) is 5.02 Å². The van der Waals surface area contributed by atoms with Crippen LogP contribution in [-0.2, 0) is 4.79 Å². The van der Waals surface area contributed by atoms with Crippen LogP contribution in [0.3, 0.4) is 0 Å². The minimum Gasteiger partial charge on any atom is -0.479 e. The molecule has 0 aliphatic rings. The van der Waals surface area contributed by atoms with Gasteiger partial charge in [-0.25, -0.2) is 4.79 Å². The van der Waals surface area contributed by atoms with Gasteiger partial charge in [-0.1, -0.05) is 34.8 Å². The van der Waals surface area contributed by atoms with Gasteiger partial charge in [-0.05, 0) is 13.0 Å². The van der Waals surface area contributed by atoms with Crippen molar-refractivity contribution >= 4 is 40.8 Å². The molecule has 0 amide bonds. The maximum atomic E-state index is 10.5. The summed E-state index contributed by atoms with van der Waals surface area (Å²) in [5.41, 5.74) is 0. The van der Waals surface area contributed by atoms with Gasteiger partial charge in [-0.2, -0.15) is 4.98 Å². The third-order valence-electron chi connectivity index (χ3n) is 1.49. The summed E-state index contributed by atoms with van der Waals surface area (Å²) in [5.74, 6) is -1.18. The van der Waals surface area contributed by atoms with E-state index >= 15 is 0 Å². The summed E-state index contributed by atoms with van der Waals surface area (Å²) in [5, 5.41) is 8.90. The van der Waals surface area contributed by atoms with Gasteiger partial charge in [0.15, 0.2) is 11.3 Å². The van der Waals surface area contributed by atoms with Crippen molar-refractivity contribution in [1.82, 2.24) is 4.98 Å². The standard InChI is InChI=1S/C8H6Cl3NO3.Na/c1-3(8(13)14)15-7-5(10)2-4(9)6(11)12-7;/h2-3H,1H3,(H,13,14);/q;+1. The second kappa shape index (κ2) is 6.89. The van der Waals surface area contributed by atoms with Gasteiger partial charge in [-0.15, -0.1) is 0 Å². The molecule has 1 atom stereocenters. The van der Waals surface area contributed by atoms with Crippen molar-refractivity contribution in [1.29, 1.82) is 0 Å². The fraction of sp³-hybridized carbons (Fsp3) is 0.250. The van der Waals surface area contributed by atoms with Crippen molar-refractivity contribution in [2.75, 3.05) is 0 Å². The Morgan fingerprint density at radius 1 is 1.44 bits per heavy atom. The number of pyridine rings is 1. The van der Waals surface area contributed by atoms with Crippen LogP contribution in [0.1, 0.15) is 6.92 Å². The Kier molecular flexibility index (Phi) is 7.01. The van der Waals surface area contributed by atoms with Crippen LogP contribution in [0.2, 0.25) is 15.2 Å². The normalized spacial score (nSPS) is 11.5. The third-order valence-corrected chi connectivity index (χ3v) is 2.43. The Hall–Kier alpha value is 0.290. The quantitative estimate of drug-likeness (QED) is 0.624. The number of aliphatic carboxylic acids is 1. The number of ether oxygens (including phenoxy) is 1. The maximum Gasteiger partial charge on any atom is 1.00 e. The molecule has 1 heterocycles. The molecule has 4 nitrogen and oxygen atoms in total. The molecular formula is C8H6Cl3NNaO3+. The molecule has 0 aromatic carbocycles. The Balaban J connectivity index is 0.00000225. The Morgan fingerprint density at radius 2 is 2.00 bits per heavy atom. The first-order chi connectivity index (χ1) is 6.91. The minimum atomic E-state index is -1.13. The van der Waals surface area contributed by atoms with E-state index < -0.39 is 12.1 Å². The van der Waals surface area contributed by atoms with E-state index in [1.165, 1.54) is 13.0 Å². The number of nitrogens with zero attached hydrogens (tertiary/aromatic N) is 1. The van der Waals surface area contributed by atoms with E-state index in [-0.39, 0.29) is 50.6 Å². The molecule has 0 saturated carbocycles. The topological polar surface area (TPSA) is 59.4 Å². The van der Waals surface area contributed by atoms with Crippen molar-refractivity contribution < 1.29 is 44.2 Å². The SMILES string of the molecule is CC(Oc1nc(Cl)c(Cl)cc1Cl)C(=O)O.[Na+]. The zero-order valence-corrected chi connectivity index (χ0v) is 12.8. The predicted molar refractivity (Wildman–Crippen MR) is 57.0 cm³/mol. The number of carbonyl (C=O) groups is 1. The molecule has 0 fully saturated rings. The van der Waals surface area contributed by atoms with Gasteiger partial charge in [-0.3, -0.25) is 0 Å². The summed E-state index contributed by atoms with van der Waals surface area (Å²) >= 11 is 17.0. The number of carboxylic acid groups (broad SMARTS) is 1. The van der Waals surface area contributed by atoms with Gasteiger partial charge in [0, 0.05) is 0 Å². The molecule has 1 aromatic rings. The Labute approximate surface area is 129 Å². The number of carboxylic acids is 1. The van der Waals surface area contributed by atoms with Crippen LogP contribution >= 0.6 is 34.8 Å². The van der Waals surface area contributed by atoms with E-state index in [9.17, 15) is 4.79 Å². The average molecular weight is 293 g/mol. The summed E-state index contributed by atoms with van der Waals surface area (Å²) < 4.78 is 4.96. The molecule has 0 bridgehead atoms. The minimum absolute atomic E-state index is 0. The molecule has 1 aromatic heterocycles. The molecule has 0 aliphatic carbocycles.